The first kappa shape index (κ1) is 14.3. The lowest BCUT2D eigenvalue weighted by atomic mass is 10.1. The summed E-state index contributed by atoms with van der Waals surface area (Å²) in [4.78, 5) is 12.0. The van der Waals surface area contributed by atoms with E-state index in [1.807, 2.05) is 61.6 Å². The molecule has 0 fully saturated rings. The normalized spacial score (nSPS) is 11.9. The van der Waals surface area contributed by atoms with Crippen molar-refractivity contribution in [3.8, 4) is 0 Å². The summed E-state index contributed by atoms with van der Waals surface area (Å²) in [6, 6.07) is 17.9. The smallest absolute Gasteiger partial charge is 0.228 e. The molecule has 3 nitrogen and oxygen atoms in total. The predicted molar refractivity (Wildman–Crippen MR) is 82.7 cm³/mol. The van der Waals surface area contributed by atoms with Gasteiger partial charge in [-0.3, -0.25) is 4.79 Å². The van der Waals surface area contributed by atoms with Crippen molar-refractivity contribution >= 4 is 11.6 Å². The molecule has 0 aliphatic rings. The highest BCUT2D eigenvalue weighted by atomic mass is 16.1. The topological polar surface area (TPSA) is 41.1 Å². The fourth-order valence-corrected chi connectivity index (χ4v) is 2.04. The zero-order valence-corrected chi connectivity index (χ0v) is 11.9. The van der Waals surface area contributed by atoms with Crippen molar-refractivity contribution in [1.29, 1.82) is 0 Å². The number of benzene rings is 2. The van der Waals surface area contributed by atoms with Gasteiger partial charge in [0.25, 0.3) is 0 Å². The summed E-state index contributed by atoms with van der Waals surface area (Å²) in [5, 5.41) is 6.13. The molecule has 2 rings (SSSR count). The van der Waals surface area contributed by atoms with E-state index in [0.29, 0.717) is 6.42 Å². The molecule has 2 aromatic rings. The van der Waals surface area contributed by atoms with Gasteiger partial charge in [-0.1, -0.05) is 42.5 Å². The van der Waals surface area contributed by atoms with Gasteiger partial charge in [0.05, 0.1) is 6.42 Å². The Morgan fingerprint density at radius 3 is 2.55 bits per heavy atom. The standard InChI is InChI=1S/C17H20N2O/c1-13(18-2)15-9-6-10-16(12-15)19-17(20)11-14-7-4-3-5-8-14/h3-10,12-13,18H,11H2,1-2H3,(H,19,20). The third kappa shape index (κ3) is 3.93. The quantitative estimate of drug-likeness (QED) is 0.874. The first-order valence-electron chi connectivity index (χ1n) is 6.80. The van der Waals surface area contributed by atoms with Gasteiger partial charge in [0, 0.05) is 11.7 Å². The van der Waals surface area contributed by atoms with Gasteiger partial charge < -0.3 is 10.6 Å². The Morgan fingerprint density at radius 2 is 1.85 bits per heavy atom. The SMILES string of the molecule is CNC(C)c1cccc(NC(=O)Cc2ccccc2)c1. The molecule has 3 heteroatoms. The molecule has 0 aliphatic carbocycles. The number of nitrogens with one attached hydrogen (secondary N) is 2. The Morgan fingerprint density at radius 1 is 1.10 bits per heavy atom. The minimum atomic E-state index is 0.00506. The lowest BCUT2D eigenvalue weighted by Gasteiger charge is -2.12. The summed E-state index contributed by atoms with van der Waals surface area (Å²) in [6.07, 6.45) is 0.395. The van der Waals surface area contributed by atoms with E-state index in [2.05, 4.69) is 17.6 Å². The van der Waals surface area contributed by atoms with Crippen LogP contribution in [0.15, 0.2) is 54.6 Å². The van der Waals surface area contributed by atoms with Crippen LogP contribution in [0.2, 0.25) is 0 Å². The van der Waals surface area contributed by atoms with E-state index < -0.39 is 0 Å². The molecule has 20 heavy (non-hydrogen) atoms. The Hall–Kier alpha value is -2.13. The summed E-state index contributed by atoms with van der Waals surface area (Å²) in [5.41, 5.74) is 3.01. The van der Waals surface area contributed by atoms with E-state index in [9.17, 15) is 4.79 Å². The number of amides is 1. The highest BCUT2D eigenvalue weighted by molar-refractivity contribution is 5.92. The number of hydrogen-bond donors (Lipinski definition) is 2. The van der Waals surface area contributed by atoms with Crippen LogP contribution in [-0.4, -0.2) is 13.0 Å². The lowest BCUT2D eigenvalue weighted by Crippen LogP contribution is -2.16. The molecule has 0 bridgehead atoms. The Balaban J connectivity index is 2.01. The van der Waals surface area contributed by atoms with Gasteiger partial charge in [0.15, 0.2) is 0 Å². The third-order valence-electron chi connectivity index (χ3n) is 3.31. The summed E-state index contributed by atoms with van der Waals surface area (Å²) in [6.45, 7) is 2.09. The number of carbonyl (C=O) groups is 1. The molecule has 0 saturated heterocycles. The van der Waals surface area contributed by atoms with E-state index >= 15 is 0 Å². The van der Waals surface area contributed by atoms with Crippen molar-refractivity contribution in [3.63, 3.8) is 0 Å². The highest BCUT2D eigenvalue weighted by Gasteiger charge is 2.06. The average molecular weight is 268 g/mol. The molecular formula is C17H20N2O. The van der Waals surface area contributed by atoms with Gasteiger partial charge in [-0.15, -0.1) is 0 Å². The van der Waals surface area contributed by atoms with E-state index in [0.717, 1.165) is 16.8 Å². The van der Waals surface area contributed by atoms with Gasteiger partial charge in [0.1, 0.15) is 0 Å². The van der Waals surface area contributed by atoms with Crippen LogP contribution in [0.1, 0.15) is 24.1 Å². The van der Waals surface area contributed by atoms with Crippen molar-refractivity contribution in [2.24, 2.45) is 0 Å². The zero-order chi connectivity index (χ0) is 14.4. The summed E-state index contributed by atoms with van der Waals surface area (Å²) >= 11 is 0. The maximum absolute atomic E-state index is 12.0. The number of hydrogen-bond acceptors (Lipinski definition) is 2. The molecule has 0 aliphatic heterocycles. The fourth-order valence-electron chi connectivity index (χ4n) is 2.04. The van der Waals surface area contributed by atoms with Gasteiger partial charge in [-0.2, -0.15) is 0 Å². The van der Waals surface area contributed by atoms with Gasteiger partial charge >= 0.3 is 0 Å². The first-order chi connectivity index (χ1) is 9.69. The second-order valence-corrected chi connectivity index (χ2v) is 4.85. The molecule has 2 aromatic carbocycles. The first-order valence-corrected chi connectivity index (χ1v) is 6.80. The molecule has 104 valence electrons. The monoisotopic (exact) mass is 268 g/mol. The van der Waals surface area contributed by atoms with Crippen molar-refractivity contribution in [2.45, 2.75) is 19.4 Å². The molecule has 1 unspecified atom stereocenters. The molecule has 1 amide bonds. The van der Waals surface area contributed by atoms with Crippen LogP contribution >= 0.6 is 0 Å². The molecule has 0 spiro atoms. The number of carbonyl (C=O) groups excluding carboxylic acids is 1. The summed E-state index contributed by atoms with van der Waals surface area (Å²) < 4.78 is 0. The largest absolute Gasteiger partial charge is 0.326 e. The van der Waals surface area contributed by atoms with Gasteiger partial charge in [-0.25, -0.2) is 0 Å². The van der Waals surface area contributed by atoms with Gasteiger partial charge in [-0.05, 0) is 37.2 Å². The van der Waals surface area contributed by atoms with Crippen molar-refractivity contribution < 1.29 is 4.79 Å². The van der Waals surface area contributed by atoms with Crippen molar-refractivity contribution in [3.05, 3.63) is 65.7 Å². The molecule has 0 aromatic heterocycles. The van der Waals surface area contributed by atoms with Crippen molar-refractivity contribution in [2.75, 3.05) is 12.4 Å². The van der Waals surface area contributed by atoms with Crippen LogP contribution in [0.4, 0.5) is 5.69 Å². The minimum absolute atomic E-state index is 0.00506. The molecular weight excluding hydrogens is 248 g/mol. The van der Waals surface area contributed by atoms with Crippen LogP contribution in [0.25, 0.3) is 0 Å². The van der Waals surface area contributed by atoms with Crippen LogP contribution in [0.3, 0.4) is 0 Å². The molecule has 0 saturated carbocycles. The molecule has 0 heterocycles. The number of anilines is 1. The van der Waals surface area contributed by atoms with Gasteiger partial charge in [0.2, 0.25) is 5.91 Å². The van der Waals surface area contributed by atoms with Crippen LogP contribution < -0.4 is 10.6 Å². The molecule has 2 N–H and O–H groups in total. The number of rotatable bonds is 5. The van der Waals surface area contributed by atoms with Crippen LogP contribution in [-0.2, 0) is 11.2 Å². The van der Waals surface area contributed by atoms with E-state index in [1.165, 1.54) is 0 Å². The maximum Gasteiger partial charge on any atom is 0.228 e. The van der Waals surface area contributed by atoms with Crippen LogP contribution in [0, 0.1) is 0 Å². The van der Waals surface area contributed by atoms with E-state index in [4.69, 9.17) is 0 Å². The Labute approximate surface area is 120 Å². The van der Waals surface area contributed by atoms with E-state index in [-0.39, 0.29) is 11.9 Å². The predicted octanol–water partition coefficient (Wildman–Crippen LogP) is 3.15. The summed E-state index contributed by atoms with van der Waals surface area (Å²) in [7, 11) is 1.92. The zero-order valence-electron chi connectivity index (χ0n) is 11.9. The molecule has 0 radical (unpaired) electrons. The molecule has 1 atom stereocenters. The van der Waals surface area contributed by atoms with Crippen molar-refractivity contribution in [1.82, 2.24) is 5.32 Å². The Kier molecular flexibility index (Phi) is 4.91. The fraction of sp³-hybridized carbons (Fsp3) is 0.235. The average Bonchev–Trinajstić information content (AvgIpc) is 2.47. The summed E-state index contributed by atoms with van der Waals surface area (Å²) in [5.74, 6) is 0.00506. The van der Waals surface area contributed by atoms with Crippen LogP contribution in [0.5, 0.6) is 0 Å². The Bertz CT molecular complexity index is 566. The maximum atomic E-state index is 12.0. The third-order valence-corrected chi connectivity index (χ3v) is 3.31. The van der Waals surface area contributed by atoms with E-state index in [1.54, 1.807) is 0 Å². The highest BCUT2D eigenvalue weighted by Crippen LogP contribution is 2.17. The lowest BCUT2D eigenvalue weighted by molar-refractivity contribution is -0.115. The second-order valence-electron chi connectivity index (χ2n) is 4.85. The minimum Gasteiger partial charge on any atom is -0.326 e. The second kappa shape index (κ2) is 6.87.